The fraction of sp³-hybridized carbons (Fsp3) is 0.484. The van der Waals surface area contributed by atoms with Gasteiger partial charge in [0.2, 0.25) is 0 Å². The Hall–Kier alpha value is -2.08. The van der Waals surface area contributed by atoms with Gasteiger partial charge in [0, 0.05) is 5.92 Å². The second-order valence-corrected chi connectivity index (χ2v) is 12.9. The van der Waals surface area contributed by atoms with Gasteiger partial charge in [-0.15, -0.1) is 0 Å². The van der Waals surface area contributed by atoms with Gasteiger partial charge in [-0.05, 0) is 80.2 Å². The van der Waals surface area contributed by atoms with Crippen LogP contribution in [-0.4, -0.2) is 0 Å². The van der Waals surface area contributed by atoms with E-state index in [1.54, 1.807) is 0 Å². The SMILES string of the molecule is CC1=CC(C(C)(C)C)=CC1c1cc2c(cc1C(C)(C)C)Cc1cc(C(C)(C)C)ccc1-2. The van der Waals surface area contributed by atoms with E-state index in [2.05, 4.69) is 112 Å². The molecule has 1 unspecified atom stereocenters. The first-order chi connectivity index (χ1) is 14.2. The smallest absolute Gasteiger partial charge is 0.0237 e. The van der Waals surface area contributed by atoms with E-state index in [0.717, 1.165) is 6.42 Å². The van der Waals surface area contributed by atoms with Crippen LogP contribution in [0.15, 0.2) is 53.6 Å². The quantitative estimate of drug-likeness (QED) is 0.374. The summed E-state index contributed by atoms with van der Waals surface area (Å²) in [4.78, 5) is 0. The molecule has 0 spiro atoms. The molecule has 164 valence electrons. The Morgan fingerprint density at radius 1 is 0.710 bits per heavy atom. The maximum Gasteiger partial charge on any atom is 0.0237 e. The van der Waals surface area contributed by atoms with Gasteiger partial charge in [0.25, 0.3) is 0 Å². The number of allylic oxidation sites excluding steroid dienone is 4. The summed E-state index contributed by atoms with van der Waals surface area (Å²) in [6.07, 6.45) is 6.00. The normalized spacial score (nSPS) is 18.6. The molecule has 0 aliphatic heterocycles. The largest absolute Gasteiger partial charge is 0.0692 e. The van der Waals surface area contributed by atoms with Gasteiger partial charge < -0.3 is 0 Å². The molecule has 4 rings (SSSR count). The molecular formula is C31H40. The van der Waals surface area contributed by atoms with E-state index < -0.39 is 0 Å². The van der Waals surface area contributed by atoms with E-state index in [0.29, 0.717) is 5.92 Å². The number of fused-ring (bicyclic) bond motifs is 3. The third kappa shape index (κ3) is 3.95. The maximum atomic E-state index is 2.53. The van der Waals surface area contributed by atoms with Gasteiger partial charge in [-0.25, -0.2) is 0 Å². The molecule has 1 atom stereocenters. The van der Waals surface area contributed by atoms with Crippen molar-refractivity contribution in [2.75, 3.05) is 0 Å². The summed E-state index contributed by atoms with van der Waals surface area (Å²) in [5.41, 5.74) is 13.7. The Kier molecular flexibility index (Phi) is 4.97. The zero-order valence-corrected chi connectivity index (χ0v) is 21.3. The second-order valence-electron chi connectivity index (χ2n) is 12.9. The predicted octanol–water partition coefficient (Wildman–Crippen LogP) is 8.87. The average Bonchev–Trinajstić information content (AvgIpc) is 3.18. The average molecular weight is 413 g/mol. The van der Waals surface area contributed by atoms with Crippen molar-refractivity contribution in [2.24, 2.45) is 5.41 Å². The Morgan fingerprint density at radius 3 is 1.90 bits per heavy atom. The van der Waals surface area contributed by atoms with Gasteiger partial charge in [-0.3, -0.25) is 0 Å². The van der Waals surface area contributed by atoms with E-state index in [4.69, 9.17) is 0 Å². The summed E-state index contributed by atoms with van der Waals surface area (Å²) in [6, 6.07) is 12.2. The van der Waals surface area contributed by atoms with Crippen LogP contribution in [-0.2, 0) is 17.3 Å². The van der Waals surface area contributed by atoms with Crippen LogP contribution in [0, 0.1) is 5.41 Å². The van der Waals surface area contributed by atoms with Crippen LogP contribution < -0.4 is 0 Å². The Morgan fingerprint density at radius 2 is 1.35 bits per heavy atom. The molecule has 0 bridgehead atoms. The van der Waals surface area contributed by atoms with Crippen molar-refractivity contribution >= 4 is 0 Å². The first-order valence-electron chi connectivity index (χ1n) is 11.9. The first kappa shape index (κ1) is 22.1. The van der Waals surface area contributed by atoms with Gasteiger partial charge >= 0.3 is 0 Å². The fourth-order valence-corrected chi connectivity index (χ4v) is 5.14. The minimum Gasteiger partial charge on any atom is -0.0692 e. The first-order valence-corrected chi connectivity index (χ1v) is 11.9. The van der Waals surface area contributed by atoms with Gasteiger partial charge in [-0.2, -0.15) is 0 Å². The van der Waals surface area contributed by atoms with Crippen molar-refractivity contribution in [3.63, 3.8) is 0 Å². The lowest BCUT2D eigenvalue weighted by molar-refractivity contribution is 0.517. The van der Waals surface area contributed by atoms with Gasteiger partial charge in [0.1, 0.15) is 0 Å². The highest BCUT2D eigenvalue weighted by Crippen LogP contribution is 2.47. The van der Waals surface area contributed by atoms with Crippen molar-refractivity contribution in [1.82, 2.24) is 0 Å². The third-order valence-electron chi connectivity index (χ3n) is 7.15. The summed E-state index contributed by atoms with van der Waals surface area (Å²) < 4.78 is 0. The van der Waals surface area contributed by atoms with Crippen molar-refractivity contribution in [2.45, 2.75) is 92.4 Å². The topological polar surface area (TPSA) is 0 Å². The summed E-state index contributed by atoms with van der Waals surface area (Å²) >= 11 is 0. The van der Waals surface area contributed by atoms with Crippen LogP contribution in [0.25, 0.3) is 11.1 Å². The van der Waals surface area contributed by atoms with Gasteiger partial charge in [0.05, 0.1) is 0 Å². The molecule has 0 radical (unpaired) electrons. The molecule has 2 aromatic rings. The lowest BCUT2D eigenvalue weighted by atomic mass is 9.77. The number of benzene rings is 2. The minimum absolute atomic E-state index is 0.119. The summed E-state index contributed by atoms with van der Waals surface area (Å²) in [7, 11) is 0. The summed E-state index contributed by atoms with van der Waals surface area (Å²) in [6.45, 7) is 23.3. The zero-order valence-electron chi connectivity index (χ0n) is 21.3. The van der Waals surface area contributed by atoms with E-state index in [1.807, 2.05) is 0 Å². The summed E-state index contributed by atoms with van der Waals surface area (Å²) in [5.74, 6) is 0.381. The molecule has 0 heteroatoms. The van der Waals surface area contributed by atoms with E-state index in [9.17, 15) is 0 Å². The van der Waals surface area contributed by atoms with Gasteiger partial charge in [-0.1, -0.05) is 104 Å². The fourth-order valence-electron chi connectivity index (χ4n) is 5.14. The summed E-state index contributed by atoms with van der Waals surface area (Å²) in [5, 5.41) is 0. The molecule has 0 saturated heterocycles. The Balaban J connectivity index is 1.88. The number of hydrogen-bond acceptors (Lipinski definition) is 0. The van der Waals surface area contributed by atoms with Crippen LogP contribution >= 0.6 is 0 Å². The highest BCUT2D eigenvalue weighted by molar-refractivity contribution is 5.79. The van der Waals surface area contributed by atoms with E-state index >= 15 is 0 Å². The minimum atomic E-state index is 0.119. The molecule has 2 aromatic carbocycles. The molecule has 0 amide bonds. The van der Waals surface area contributed by atoms with Gasteiger partial charge in [0.15, 0.2) is 0 Å². The molecule has 0 nitrogen and oxygen atoms in total. The molecule has 31 heavy (non-hydrogen) atoms. The molecule has 0 N–H and O–H groups in total. The van der Waals surface area contributed by atoms with E-state index in [1.165, 1.54) is 50.1 Å². The van der Waals surface area contributed by atoms with Crippen molar-refractivity contribution in [3.05, 3.63) is 81.4 Å². The standard InChI is InChI=1S/C31H40/c1-19-13-23(30(5,6)7)17-25(19)27-18-26-21(16-28(27)31(8,9)10)14-20-15-22(29(2,3)4)11-12-24(20)26/h11-13,15-18,25H,14H2,1-10H3. The van der Waals surface area contributed by atoms with E-state index in [-0.39, 0.29) is 16.2 Å². The van der Waals surface area contributed by atoms with Crippen molar-refractivity contribution < 1.29 is 0 Å². The van der Waals surface area contributed by atoms with Crippen LogP contribution in [0.2, 0.25) is 0 Å². The highest BCUT2D eigenvalue weighted by Gasteiger charge is 2.31. The Labute approximate surface area is 190 Å². The predicted molar refractivity (Wildman–Crippen MR) is 136 cm³/mol. The van der Waals surface area contributed by atoms with Crippen LogP contribution in [0.5, 0.6) is 0 Å². The molecular weight excluding hydrogens is 372 g/mol. The molecule has 0 heterocycles. The molecule has 0 fully saturated rings. The highest BCUT2D eigenvalue weighted by atomic mass is 14.4. The third-order valence-corrected chi connectivity index (χ3v) is 7.15. The van der Waals surface area contributed by atoms with Crippen LogP contribution in [0.4, 0.5) is 0 Å². The van der Waals surface area contributed by atoms with Crippen LogP contribution in [0.3, 0.4) is 0 Å². The molecule has 0 saturated carbocycles. The molecule has 0 aromatic heterocycles. The van der Waals surface area contributed by atoms with Crippen molar-refractivity contribution in [3.8, 4) is 11.1 Å². The zero-order chi connectivity index (χ0) is 22.9. The lowest BCUT2D eigenvalue weighted by Crippen LogP contribution is -2.16. The molecule has 2 aliphatic carbocycles. The second kappa shape index (κ2) is 6.96. The lowest BCUT2D eigenvalue weighted by Gasteiger charge is -2.27. The van der Waals surface area contributed by atoms with Crippen molar-refractivity contribution in [1.29, 1.82) is 0 Å². The van der Waals surface area contributed by atoms with Crippen LogP contribution in [0.1, 0.15) is 103 Å². The number of hydrogen-bond donors (Lipinski definition) is 0. The molecule has 2 aliphatic rings. The monoisotopic (exact) mass is 412 g/mol. The number of rotatable bonds is 1. The maximum absolute atomic E-state index is 2.53. The Bertz CT molecular complexity index is 1100.